The molecule has 0 aliphatic rings. The molecule has 0 spiro atoms. The Labute approximate surface area is 124 Å². The number of benzene rings is 2. The number of methoxy groups -OCH3 is 1. The van der Waals surface area contributed by atoms with Crippen LogP contribution in [0.2, 0.25) is 0 Å². The Bertz CT molecular complexity index is 616. The normalized spacial score (nSPS) is 10.2. The zero-order valence-electron chi connectivity index (χ0n) is 10.2. The topological polar surface area (TPSA) is 52.3 Å². The first kappa shape index (κ1) is 14.0. The molecule has 0 aliphatic heterocycles. The Morgan fingerprint density at radius 1 is 1.21 bits per heavy atom. The third-order valence-electron chi connectivity index (χ3n) is 2.49. The molecule has 3 nitrogen and oxygen atoms in total. The van der Waals surface area contributed by atoms with Crippen molar-refractivity contribution in [1.82, 2.24) is 0 Å². The van der Waals surface area contributed by atoms with Crippen LogP contribution in [0.1, 0.15) is 10.4 Å². The number of hydrogen-bond donors (Lipinski definition) is 1. The Morgan fingerprint density at radius 3 is 2.63 bits per heavy atom. The maximum Gasteiger partial charge on any atom is 0.337 e. The highest BCUT2D eigenvalue weighted by Gasteiger charge is 2.10. The Kier molecular flexibility index (Phi) is 4.50. The fraction of sp³-hybridized carbons (Fsp3) is 0.0714. The number of rotatable bonds is 3. The fourth-order valence-corrected chi connectivity index (χ4v) is 2.96. The minimum Gasteiger partial charge on any atom is -0.465 e. The third kappa shape index (κ3) is 3.30. The number of hydrogen-bond acceptors (Lipinski definition) is 4. The highest BCUT2D eigenvalue weighted by atomic mass is 79.9. The van der Waals surface area contributed by atoms with Crippen LogP contribution < -0.4 is 5.73 Å². The van der Waals surface area contributed by atoms with Crippen LogP contribution >= 0.6 is 27.7 Å². The molecule has 0 saturated carbocycles. The van der Waals surface area contributed by atoms with Gasteiger partial charge in [-0.1, -0.05) is 23.9 Å². The lowest BCUT2D eigenvalue weighted by molar-refractivity contribution is 0.0600. The highest BCUT2D eigenvalue weighted by Crippen LogP contribution is 2.36. The van der Waals surface area contributed by atoms with Gasteiger partial charge < -0.3 is 10.5 Å². The van der Waals surface area contributed by atoms with E-state index in [0.717, 1.165) is 14.3 Å². The van der Waals surface area contributed by atoms with Gasteiger partial charge in [0.2, 0.25) is 0 Å². The Hall–Kier alpha value is -1.46. The van der Waals surface area contributed by atoms with Crippen molar-refractivity contribution in [2.75, 3.05) is 12.8 Å². The van der Waals surface area contributed by atoms with E-state index >= 15 is 0 Å². The monoisotopic (exact) mass is 337 g/mol. The molecular weight excluding hydrogens is 326 g/mol. The summed E-state index contributed by atoms with van der Waals surface area (Å²) in [6.45, 7) is 0. The molecule has 98 valence electrons. The molecule has 19 heavy (non-hydrogen) atoms. The number of carbonyl (C=O) groups excluding carboxylic acids is 1. The molecule has 2 N–H and O–H groups in total. The van der Waals surface area contributed by atoms with Gasteiger partial charge in [0.25, 0.3) is 0 Å². The summed E-state index contributed by atoms with van der Waals surface area (Å²) in [5.41, 5.74) is 7.07. The van der Waals surface area contributed by atoms with Gasteiger partial charge in [-0.3, -0.25) is 0 Å². The Morgan fingerprint density at radius 2 is 1.95 bits per heavy atom. The number of nitrogens with two attached hydrogens (primary N) is 1. The van der Waals surface area contributed by atoms with E-state index in [9.17, 15) is 4.79 Å². The zero-order chi connectivity index (χ0) is 13.8. The minimum absolute atomic E-state index is 0.367. The molecule has 5 heteroatoms. The van der Waals surface area contributed by atoms with E-state index in [1.54, 1.807) is 18.2 Å². The summed E-state index contributed by atoms with van der Waals surface area (Å²) in [6.07, 6.45) is 0. The molecule has 0 aliphatic carbocycles. The molecule has 0 aromatic heterocycles. The van der Waals surface area contributed by atoms with E-state index < -0.39 is 0 Å². The predicted octanol–water partition coefficient (Wildman–Crippen LogP) is 3.97. The fourth-order valence-electron chi connectivity index (χ4n) is 1.51. The van der Waals surface area contributed by atoms with Gasteiger partial charge in [-0.15, -0.1) is 0 Å². The molecule has 0 amide bonds. The molecule has 0 bridgehead atoms. The van der Waals surface area contributed by atoms with Crippen LogP contribution in [0.15, 0.2) is 56.7 Å². The summed E-state index contributed by atoms with van der Waals surface area (Å²) in [4.78, 5) is 13.4. The first-order chi connectivity index (χ1) is 9.11. The average molecular weight is 338 g/mol. The van der Waals surface area contributed by atoms with Crippen LogP contribution in [-0.2, 0) is 4.74 Å². The number of carbonyl (C=O) groups is 1. The Balaban J connectivity index is 2.34. The number of anilines is 1. The van der Waals surface area contributed by atoms with Gasteiger partial charge in [-0.2, -0.15) is 0 Å². The van der Waals surface area contributed by atoms with Crippen molar-refractivity contribution in [3.63, 3.8) is 0 Å². The number of ether oxygens (including phenoxy) is 1. The summed E-state index contributed by atoms with van der Waals surface area (Å²) in [6, 6.07) is 13.0. The molecule has 2 rings (SSSR count). The molecule has 0 unspecified atom stereocenters. The van der Waals surface area contributed by atoms with Crippen LogP contribution in [0.4, 0.5) is 5.69 Å². The van der Waals surface area contributed by atoms with E-state index in [1.165, 1.54) is 18.9 Å². The van der Waals surface area contributed by atoms with E-state index in [1.807, 2.05) is 24.3 Å². The predicted molar refractivity (Wildman–Crippen MR) is 80.5 cm³/mol. The first-order valence-corrected chi connectivity index (χ1v) is 7.13. The molecule has 2 aromatic carbocycles. The van der Waals surface area contributed by atoms with Gasteiger partial charge >= 0.3 is 5.97 Å². The third-order valence-corrected chi connectivity index (χ3v) is 4.59. The van der Waals surface area contributed by atoms with Crippen LogP contribution in [0.25, 0.3) is 0 Å². The van der Waals surface area contributed by atoms with Gasteiger partial charge in [0.15, 0.2) is 0 Å². The van der Waals surface area contributed by atoms with Crippen LogP contribution in [0.5, 0.6) is 0 Å². The zero-order valence-corrected chi connectivity index (χ0v) is 12.6. The largest absolute Gasteiger partial charge is 0.465 e. The van der Waals surface area contributed by atoms with Crippen molar-refractivity contribution in [2.24, 2.45) is 0 Å². The van der Waals surface area contributed by atoms with Crippen molar-refractivity contribution >= 4 is 39.3 Å². The van der Waals surface area contributed by atoms with Crippen LogP contribution in [0.3, 0.4) is 0 Å². The van der Waals surface area contributed by atoms with Gasteiger partial charge in [0.1, 0.15) is 0 Å². The van der Waals surface area contributed by atoms with E-state index in [4.69, 9.17) is 10.5 Å². The second-order valence-corrected chi connectivity index (χ2v) is 5.71. The number of nitrogen functional groups attached to an aromatic ring is 1. The highest BCUT2D eigenvalue weighted by molar-refractivity contribution is 9.10. The SMILES string of the molecule is COC(=O)c1ccc(N)c(Sc2ccccc2Br)c1. The molecule has 0 heterocycles. The van der Waals surface area contributed by atoms with Gasteiger partial charge in [0.05, 0.1) is 12.7 Å². The van der Waals surface area contributed by atoms with Gasteiger partial charge in [-0.05, 0) is 46.3 Å². The van der Waals surface area contributed by atoms with Gasteiger partial charge in [-0.25, -0.2) is 4.79 Å². The van der Waals surface area contributed by atoms with Crippen molar-refractivity contribution in [2.45, 2.75) is 9.79 Å². The number of halogens is 1. The maximum absolute atomic E-state index is 11.5. The van der Waals surface area contributed by atoms with Crippen LogP contribution in [-0.4, -0.2) is 13.1 Å². The van der Waals surface area contributed by atoms with E-state index in [-0.39, 0.29) is 5.97 Å². The smallest absolute Gasteiger partial charge is 0.337 e. The lowest BCUT2D eigenvalue weighted by Gasteiger charge is -2.08. The molecule has 0 atom stereocenters. The molecule has 0 saturated heterocycles. The molecular formula is C14H12BrNO2S. The lowest BCUT2D eigenvalue weighted by Crippen LogP contribution is -2.02. The molecule has 2 aromatic rings. The summed E-state index contributed by atoms with van der Waals surface area (Å²) >= 11 is 4.99. The summed E-state index contributed by atoms with van der Waals surface area (Å²) < 4.78 is 5.70. The standard InChI is InChI=1S/C14H12BrNO2S/c1-18-14(17)9-6-7-11(16)13(8-9)19-12-5-3-2-4-10(12)15/h2-8H,16H2,1H3. The molecule has 0 radical (unpaired) electrons. The number of esters is 1. The quantitative estimate of drug-likeness (QED) is 0.680. The molecule has 0 fully saturated rings. The first-order valence-electron chi connectivity index (χ1n) is 5.52. The lowest BCUT2D eigenvalue weighted by atomic mass is 10.2. The maximum atomic E-state index is 11.5. The van der Waals surface area contributed by atoms with Crippen molar-refractivity contribution < 1.29 is 9.53 Å². The van der Waals surface area contributed by atoms with Crippen molar-refractivity contribution in [3.05, 3.63) is 52.5 Å². The van der Waals surface area contributed by atoms with E-state index in [2.05, 4.69) is 15.9 Å². The summed E-state index contributed by atoms with van der Waals surface area (Å²) in [5, 5.41) is 0. The minimum atomic E-state index is -0.367. The van der Waals surface area contributed by atoms with Crippen LogP contribution in [0, 0.1) is 0 Å². The van der Waals surface area contributed by atoms with Crippen molar-refractivity contribution in [1.29, 1.82) is 0 Å². The van der Waals surface area contributed by atoms with E-state index in [0.29, 0.717) is 11.3 Å². The average Bonchev–Trinajstić information content (AvgIpc) is 2.42. The second kappa shape index (κ2) is 6.12. The second-order valence-electron chi connectivity index (χ2n) is 3.78. The summed E-state index contributed by atoms with van der Waals surface area (Å²) in [5.74, 6) is -0.367. The van der Waals surface area contributed by atoms with Crippen molar-refractivity contribution in [3.8, 4) is 0 Å². The van der Waals surface area contributed by atoms with Gasteiger partial charge in [0, 0.05) is 20.0 Å². The summed E-state index contributed by atoms with van der Waals surface area (Å²) in [7, 11) is 1.36.